The smallest absolute Gasteiger partial charge is 0.336 e. The Morgan fingerprint density at radius 2 is 1.88 bits per heavy atom. The first-order valence-corrected chi connectivity index (χ1v) is 11.5. The maximum atomic E-state index is 12.0. The molecule has 5 nitrogen and oxygen atoms in total. The van der Waals surface area contributed by atoms with Crippen LogP contribution >= 0.6 is 15.9 Å². The Labute approximate surface area is 195 Å². The number of carbonyl (C=O) groups is 1. The molecule has 2 aromatic heterocycles. The molecule has 0 amide bonds. The number of carboxylic acids is 1. The first-order chi connectivity index (χ1) is 15.4. The molecule has 0 fully saturated rings. The quantitative estimate of drug-likeness (QED) is 0.322. The van der Waals surface area contributed by atoms with E-state index in [1.165, 1.54) is 0 Å². The molecule has 0 spiro atoms. The molecule has 0 aliphatic heterocycles. The van der Waals surface area contributed by atoms with Crippen molar-refractivity contribution in [1.29, 1.82) is 0 Å². The first-order valence-electron chi connectivity index (χ1n) is 10.7. The SMILES string of the molecule is CCCCc1nc2c(C)ccc(C(O)c3ccc(-c4ccccc4)c(C(=O)O)c3)n2c1Br. The molecule has 2 N–H and O–H groups in total. The standard InChI is InChI=1S/C26H25BrN2O3/c1-3-4-10-21-24(27)29-22(14-11-16(2)25(29)28-21)23(30)18-12-13-19(20(15-18)26(31)32)17-8-6-5-7-9-17/h5-9,11-15,23,30H,3-4,10H2,1-2H3,(H,31,32). The number of imidazole rings is 1. The lowest BCUT2D eigenvalue weighted by Crippen LogP contribution is -2.09. The predicted molar refractivity (Wildman–Crippen MR) is 129 cm³/mol. The van der Waals surface area contributed by atoms with Gasteiger partial charge in [0.2, 0.25) is 0 Å². The number of carboxylic acid groups (broad SMARTS) is 1. The number of rotatable bonds is 7. The van der Waals surface area contributed by atoms with Gasteiger partial charge in [-0.2, -0.15) is 0 Å². The zero-order valence-corrected chi connectivity index (χ0v) is 19.6. The fourth-order valence-electron chi connectivity index (χ4n) is 3.97. The molecule has 2 aromatic carbocycles. The highest BCUT2D eigenvalue weighted by atomic mass is 79.9. The Bertz CT molecular complexity index is 1280. The summed E-state index contributed by atoms with van der Waals surface area (Å²) in [5.41, 5.74) is 5.51. The molecular formula is C26H25BrN2O3. The number of hydrogen-bond acceptors (Lipinski definition) is 3. The molecule has 6 heteroatoms. The molecule has 0 radical (unpaired) electrons. The minimum absolute atomic E-state index is 0.157. The van der Waals surface area contributed by atoms with Crippen molar-refractivity contribution in [2.75, 3.05) is 0 Å². The van der Waals surface area contributed by atoms with E-state index in [0.717, 1.165) is 46.3 Å². The van der Waals surface area contributed by atoms with E-state index in [2.05, 4.69) is 22.9 Å². The zero-order valence-electron chi connectivity index (χ0n) is 18.0. The highest BCUT2D eigenvalue weighted by Crippen LogP contribution is 2.32. The fraction of sp³-hybridized carbons (Fsp3) is 0.231. The zero-order chi connectivity index (χ0) is 22.8. The summed E-state index contributed by atoms with van der Waals surface area (Å²) in [5, 5.41) is 21.1. The number of fused-ring (bicyclic) bond motifs is 1. The van der Waals surface area contributed by atoms with Gasteiger partial charge in [-0.3, -0.25) is 4.40 Å². The van der Waals surface area contributed by atoms with Gasteiger partial charge in [-0.05, 0) is 70.1 Å². The lowest BCUT2D eigenvalue weighted by Gasteiger charge is -2.17. The first kappa shape index (κ1) is 22.2. The molecule has 0 saturated carbocycles. The number of aromatic nitrogens is 2. The molecule has 0 saturated heterocycles. The second kappa shape index (κ2) is 9.27. The van der Waals surface area contributed by atoms with E-state index in [-0.39, 0.29) is 5.56 Å². The number of aryl methyl sites for hydroxylation is 2. The van der Waals surface area contributed by atoms with Crippen molar-refractivity contribution in [1.82, 2.24) is 9.38 Å². The van der Waals surface area contributed by atoms with Crippen LogP contribution in [0.3, 0.4) is 0 Å². The molecule has 0 aliphatic carbocycles. The monoisotopic (exact) mass is 492 g/mol. The third kappa shape index (κ3) is 4.08. The summed E-state index contributed by atoms with van der Waals surface area (Å²) >= 11 is 3.68. The molecule has 1 atom stereocenters. The molecular weight excluding hydrogens is 468 g/mol. The van der Waals surface area contributed by atoms with Gasteiger partial charge in [0.05, 0.1) is 17.0 Å². The second-order valence-electron chi connectivity index (χ2n) is 7.93. The molecule has 4 rings (SSSR count). The molecule has 32 heavy (non-hydrogen) atoms. The summed E-state index contributed by atoms with van der Waals surface area (Å²) < 4.78 is 2.76. The Morgan fingerprint density at radius 1 is 1.12 bits per heavy atom. The largest absolute Gasteiger partial charge is 0.478 e. The minimum Gasteiger partial charge on any atom is -0.478 e. The van der Waals surface area contributed by atoms with Gasteiger partial charge in [0.25, 0.3) is 0 Å². The number of aromatic carboxylic acids is 1. The summed E-state index contributed by atoms with van der Waals surface area (Å²) in [7, 11) is 0. The van der Waals surface area contributed by atoms with Crippen LogP contribution in [0.15, 0.2) is 65.3 Å². The van der Waals surface area contributed by atoms with Crippen molar-refractivity contribution in [2.24, 2.45) is 0 Å². The molecule has 164 valence electrons. The van der Waals surface area contributed by atoms with Crippen molar-refractivity contribution >= 4 is 27.5 Å². The van der Waals surface area contributed by atoms with Crippen LogP contribution in [0.2, 0.25) is 0 Å². The number of aliphatic hydroxyl groups excluding tert-OH is 1. The number of pyridine rings is 1. The number of benzene rings is 2. The number of nitrogens with zero attached hydrogens (tertiary/aromatic N) is 2. The van der Waals surface area contributed by atoms with E-state index >= 15 is 0 Å². The summed E-state index contributed by atoms with van der Waals surface area (Å²) in [6.45, 7) is 4.13. The number of unbranched alkanes of at least 4 members (excludes halogenated alkanes) is 1. The Hall–Kier alpha value is -2.96. The second-order valence-corrected chi connectivity index (χ2v) is 8.68. The number of hydrogen-bond donors (Lipinski definition) is 2. The summed E-state index contributed by atoms with van der Waals surface area (Å²) in [4.78, 5) is 16.8. The van der Waals surface area contributed by atoms with Gasteiger partial charge in [-0.1, -0.05) is 61.9 Å². The van der Waals surface area contributed by atoms with Crippen molar-refractivity contribution in [3.63, 3.8) is 0 Å². The van der Waals surface area contributed by atoms with Gasteiger partial charge in [0.1, 0.15) is 16.4 Å². The molecule has 4 aromatic rings. The van der Waals surface area contributed by atoms with Crippen molar-refractivity contribution in [3.8, 4) is 11.1 Å². The van der Waals surface area contributed by atoms with Gasteiger partial charge in [-0.15, -0.1) is 0 Å². The summed E-state index contributed by atoms with van der Waals surface area (Å²) in [6, 6.07) is 18.3. The Balaban J connectivity index is 1.82. The average Bonchev–Trinajstić information content (AvgIpc) is 3.15. The molecule has 2 heterocycles. The van der Waals surface area contributed by atoms with E-state index in [1.54, 1.807) is 18.2 Å². The van der Waals surface area contributed by atoms with Crippen molar-refractivity contribution in [2.45, 2.75) is 39.2 Å². The van der Waals surface area contributed by atoms with Crippen LogP contribution in [0.5, 0.6) is 0 Å². The lowest BCUT2D eigenvalue weighted by atomic mass is 9.95. The normalized spacial score (nSPS) is 12.2. The number of aliphatic hydroxyl groups is 1. The van der Waals surface area contributed by atoms with Gasteiger partial charge in [0.15, 0.2) is 0 Å². The fourth-order valence-corrected chi connectivity index (χ4v) is 4.63. The van der Waals surface area contributed by atoms with E-state index < -0.39 is 12.1 Å². The van der Waals surface area contributed by atoms with Crippen molar-refractivity contribution < 1.29 is 15.0 Å². The van der Waals surface area contributed by atoms with Gasteiger partial charge in [-0.25, -0.2) is 9.78 Å². The van der Waals surface area contributed by atoms with E-state index in [1.807, 2.05) is 53.8 Å². The van der Waals surface area contributed by atoms with Crippen LogP contribution < -0.4 is 0 Å². The predicted octanol–water partition coefficient (Wildman–Crippen LogP) is 6.19. The molecule has 0 bridgehead atoms. The minimum atomic E-state index is -1.03. The van der Waals surface area contributed by atoms with Crippen LogP contribution in [-0.4, -0.2) is 25.6 Å². The molecule has 0 aliphatic rings. The van der Waals surface area contributed by atoms with Crippen molar-refractivity contribution in [3.05, 3.63) is 93.3 Å². The van der Waals surface area contributed by atoms with Crippen LogP contribution in [0.4, 0.5) is 0 Å². The van der Waals surface area contributed by atoms with E-state index in [9.17, 15) is 15.0 Å². The van der Waals surface area contributed by atoms with Gasteiger partial charge in [0, 0.05) is 0 Å². The third-order valence-electron chi connectivity index (χ3n) is 5.72. The highest BCUT2D eigenvalue weighted by molar-refractivity contribution is 9.10. The highest BCUT2D eigenvalue weighted by Gasteiger charge is 2.22. The van der Waals surface area contributed by atoms with E-state index in [4.69, 9.17) is 4.98 Å². The van der Waals surface area contributed by atoms with Crippen LogP contribution in [0.25, 0.3) is 16.8 Å². The summed E-state index contributed by atoms with van der Waals surface area (Å²) in [6.07, 6.45) is 1.94. The molecule has 1 unspecified atom stereocenters. The maximum Gasteiger partial charge on any atom is 0.336 e. The lowest BCUT2D eigenvalue weighted by molar-refractivity contribution is 0.0697. The third-order valence-corrected chi connectivity index (χ3v) is 6.54. The maximum absolute atomic E-state index is 12.0. The Kier molecular flexibility index (Phi) is 6.44. The summed E-state index contributed by atoms with van der Waals surface area (Å²) in [5.74, 6) is -1.03. The van der Waals surface area contributed by atoms with Crippen LogP contribution in [-0.2, 0) is 6.42 Å². The van der Waals surface area contributed by atoms with E-state index in [0.29, 0.717) is 16.8 Å². The Morgan fingerprint density at radius 3 is 2.56 bits per heavy atom. The van der Waals surface area contributed by atoms with Crippen LogP contribution in [0.1, 0.15) is 58.7 Å². The topological polar surface area (TPSA) is 74.8 Å². The number of halogens is 1. The van der Waals surface area contributed by atoms with Crippen LogP contribution in [0, 0.1) is 6.92 Å². The van der Waals surface area contributed by atoms with Gasteiger partial charge >= 0.3 is 5.97 Å². The average molecular weight is 493 g/mol. The van der Waals surface area contributed by atoms with Gasteiger partial charge < -0.3 is 10.2 Å².